The SMILES string of the molecule is Cc1ccc(C(CN)Sc2nnc(C)o2)cc1. The molecule has 2 N–H and O–H groups in total. The van der Waals surface area contributed by atoms with E-state index in [4.69, 9.17) is 10.2 Å². The Balaban J connectivity index is 2.13. The lowest BCUT2D eigenvalue weighted by atomic mass is 10.1. The van der Waals surface area contributed by atoms with Crippen LogP contribution < -0.4 is 5.73 Å². The number of hydrogen-bond donors (Lipinski definition) is 1. The molecule has 1 aromatic carbocycles. The van der Waals surface area contributed by atoms with Crippen LogP contribution >= 0.6 is 11.8 Å². The van der Waals surface area contributed by atoms with Crippen LogP contribution in [0, 0.1) is 13.8 Å². The van der Waals surface area contributed by atoms with Crippen LogP contribution in [0.25, 0.3) is 0 Å². The van der Waals surface area contributed by atoms with Crippen LogP contribution in [0.4, 0.5) is 0 Å². The second kappa shape index (κ2) is 5.33. The number of hydrogen-bond acceptors (Lipinski definition) is 5. The molecule has 0 amide bonds. The first kappa shape index (κ1) is 12.1. The van der Waals surface area contributed by atoms with Crippen molar-refractivity contribution in [2.45, 2.75) is 24.3 Å². The Morgan fingerprint density at radius 2 is 1.94 bits per heavy atom. The summed E-state index contributed by atoms with van der Waals surface area (Å²) in [6.07, 6.45) is 0. The highest BCUT2D eigenvalue weighted by Gasteiger charge is 2.15. The van der Waals surface area contributed by atoms with E-state index in [9.17, 15) is 0 Å². The minimum Gasteiger partial charge on any atom is -0.416 e. The summed E-state index contributed by atoms with van der Waals surface area (Å²) in [5, 5.41) is 8.49. The van der Waals surface area contributed by atoms with E-state index in [1.165, 1.54) is 22.9 Å². The maximum Gasteiger partial charge on any atom is 0.277 e. The summed E-state index contributed by atoms with van der Waals surface area (Å²) in [6.45, 7) is 4.38. The molecule has 1 heterocycles. The number of nitrogens with zero attached hydrogens (tertiary/aromatic N) is 2. The molecule has 0 bridgehead atoms. The first-order chi connectivity index (χ1) is 8.19. The van der Waals surface area contributed by atoms with Crippen molar-refractivity contribution in [3.05, 3.63) is 41.3 Å². The number of aryl methyl sites for hydroxylation is 2. The van der Waals surface area contributed by atoms with Crippen molar-refractivity contribution >= 4 is 11.8 Å². The van der Waals surface area contributed by atoms with Crippen LogP contribution in [0.1, 0.15) is 22.3 Å². The third-order valence-electron chi connectivity index (χ3n) is 2.41. The molecule has 0 fully saturated rings. The Morgan fingerprint density at radius 1 is 1.24 bits per heavy atom. The lowest BCUT2D eigenvalue weighted by molar-refractivity contribution is 0.428. The van der Waals surface area contributed by atoms with Crippen LogP contribution in [-0.2, 0) is 0 Å². The van der Waals surface area contributed by atoms with E-state index < -0.39 is 0 Å². The fourth-order valence-corrected chi connectivity index (χ4v) is 2.37. The van der Waals surface area contributed by atoms with Crippen molar-refractivity contribution in [2.75, 3.05) is 6.54 Å². The molecule has 1 unspecified atom stereocenters. The average molecular weight is 249 g/mol. The maximum absolute atomic E-state index is 5.79. The molecule has 0 aliphatic rings. The van der Waals surface area contributed by atoms with Gasteiger partial charge in [0, 0.05) is 13.5 Å². The molecule has 0 aliphatic carbocycles. The van der Waals surface area contributed by atoms with Crippen molar-refractivity contribution < 1.29 is 4.42 Å². The zero-order valence-electron chi connectivity index (χ0n) is 9.88. The maximum atomic E-state index is 5.79. The van der Waals surface area contributed by atoms with E-state index in [2.05, 4.69) is 41.4 Å². The van der Waals surface area contributed by atoms with Gasteiger partial charge in [0.1, 0.15) is 0 Å². The van der Waals surface area contributed by atoms with E-state index >= 15 is 0 Å². The number of aromatic nitrogens is 2. The van der Waals surface area contributed by atoms with Gasteiger partial charge in [-0.3, -0.25) is 0 Å². The highest BCUT2D eigenvalue weighted by atomic mass is 32.2. The third-order valence-corrected chi connectivity index (χ3v) is 3.53. The fraction of sp³-hybridized carbons (Fsp3) is 0.333. The van der Waals surface area contributed by atoms with Crippen molar-refractivity contribution in [1.82, 2.24) is 10.2 Å². The fourth-order valence-electron chi connectivity index (χ4n) is 1.48. The predicted octanol–water partition coefficient (Wildman–Crippen LogP) is 2.48. The monoisotopic (exact) mass is 249 g/mol. The highest BCUT2D eigenvalue weighted by molar-refractivity contribution is 7.99. The molecule has 2 rings (SSSR count). The van der Waals surface area contributed by atoms with Gasteiger partial charge < -0.3 is 10.2 Å². The van der Waals surface area contributed by atoms with Gasteiger partial charge >= 0.3 is 0 Å². The molecule has 0 saturated carbocycles. The minimum atomic E-state index is 0.149. The Labute approximate surface area is 105 Å². The van der Waals surface area contributed by atoms with Gasteiger partial charge in [0.2, 0.25) is 5.89 Å². The first-order valence-electron chi connectivity index (χ1n) is 5.42. The average Bonchev–Trinajstić information content (AvgIpc) is 2.73. The summed E-state index contributed by atoms with van der Waals surface area (Å²) in [4.78, 5) is 0. The van der Waals surface area contributed by atoms with Crippen molar-refractivity contribution in [1.29, 1.82) is 0 Å². The summed E-state index contributed by atoms with van der Waals surface area (Å²) in [6, 6.07) is 8.33. The van der Waals surface area contributed by atoms with Crippen LogP contribution in [0.3, 0.4) is 0 Å². The smallest absolute Gasteiger partial charge is 0.277 e. The molecule has 90 valence electrons. The summed E-state index contributed by atoms with van der Waals surface area (Å²) >= 11 is 1.50. The van der Waals surface area contributed by atoms with E-state index in [-0.39, 0.29) is 5.25 Å². The Kier molecular flexibility index (Phi) is 3.81. The second-order valence-corrected chi connectivity index (χ2v) is 4.99. The van der Waals surface area contributed by atoms with E-state index in [1.54, 1.807) is 6.92 Å². The van der Waals surface area contributed by atoms with Gasteiger partial charge in [0.05, 0.1) is 5.25 Å². The lowest BCUT2D eigenvalue weighted by Crippen LogP contribution is -2.09. The summed E-state index contributed by atoms with van der Waals surface area (Å²) in [7, 11) is 0. The quantitative estimate of drug-likeness (QED) is 0.843. The van der Waals surface area contributed by atoms with E-state index in [0.29, 0.717) is 17.7 Å². The molecular weight excluding hydrogens is 234 g/mol. The van der Waals surface area contributed by atoms with Gasteiger partial charge in [-0.15, -0.1) is 10.2 Å². The first-order valence-corrected chi connectivity index (χ1v) is 6.30. The van der Waals surface area contributed by atoms with Gasteiger partial charge in [-0.05, 0) is 12.5 Å². The number of benzene rings is 1. The van der Waals surface area contributed by atoms with Crippen LogP contribution in [0.5, 0.6) is 0 Å². The van der Waals surface area contributed by atoms with Crippen LogP contribution in [-0.4, -0.2) is 16.7 Å². The molecule has 0 radical (unpaired) electrons. The Hall–Kier alpha value is -1.33. The van der Waals surface area contributed by atoms with Crippen LogP contribution in [0.15, 0.2) is 33.9 Å². The normalized spacial score (nSPS) is 12.6. The topological polar surface area (TPSA) is 64.9 Å². The van der Waals surface area contributed by atoms with Crippen molar-refractivity contribution in [2.24, 2.45) is 5.73 Å². The molecule has 4 nitrogen and oxygen atoms in total. The largest absolute Gasteiger partial charge is 0.416 e. The molecule has 0 aliphatic heterocycles. The number of nitrogens with two attached hydrogens (primary N) is 1. The number of rotatable bonds is 4. The zero-order valence-corrected chi connectivity index (χ0v) is 10.7. The molecule has 2 aromatic rings. The Morgan fingerprint density at radius 3 is 2.47 bits per heavy atom. The molecular formula is C12H15N3OS. The van der Waals surface area contributed by atoms with Gasteiger partial charge in [-0.2, -0.15) is 0 Å². The highest BCUT2D eigenvalue weighted by Crippen LogP contribution is 2.33. The van der Waals surface area contributed by atoms with Gasteiger partial charge in [0.15, 0.2) is 0 Å². The summed E-state index contributed by atoms with van der Waals surface area (Å²) in [5.74, 6) is 0.576. The van der Waals surface area contributed by atoms with E-state index in [1.807, 2.05) is 0 Å². The van der Waals surface area contributed by atoms with Crippen LogP contribution in [0.2, 0.25) is 0 Å². The standard InChI is InChI=1S/C12H15N3OS/c1-8-3-5-10(6-4-8)11(7-13)17-12-15-14-9(2)16-12/h3-6,11H,7,13H2,1-2H3. The van der Waals surface area contributed by atoms with Gasteiger partial charge in [-0.25, -0.2) is 0 Å². The van der Waals surface area contributed by atoms with Gasteiger partial charge in [0.25, 0.3) is 5.22 Å². The van der Waals surface area contributed by atoms with E-state index in [0.717, 1.165) is 0 Å². The third kappa shape index (κ3) is 3.08. The molecule has 5 heteroatoms. The zero-order chi connectivity index (χ0) is 12.3. The number of thioether (sulfide) groups is 1. The molecule has 0 spiro atoms. The van der Waals surface area contributed by atoms with Gasteiger partial charge in [-0.1, -0.05) is 41.6 Å². The minimum absolute atomic E-state index is 0.149. The summed E-state index contributed by atoms with van der Waals surface area (Å²) in [5.41, 5.74) is 8.21. The van der Waals surface area contributed by atoms with Crippen molar-refractivity contribution in [3.63, 3.8) is 0 Å². The molecule has 0 saturated heterocycles. The summed E-state index contributed by atoms with van der Waals surface area (Å²) < 4.78 is 5.35. The predicted molar refractivity (Wildman–Crippen MR) is 67.9 cm³/mol. The second-order valence-electron chi connectivity index (χ2n) is 3.84. The van der Waals surface area contributed by atoms with Crippen molar-refractivity contribution in [3.8, 4) is 0 Å². The molecule has 17 heavy (non-hydrogen) atoms. The lowest BCUT2D eigenvalue weighted by Gasteiger charge is -2.12. The Bertz CT molecular complexity index is 481. The molecule has 1 atom stereocenters. The molecule has 1 aromatic heterocycles.